The van der Waals surface area contributed by atoms with Gasteiger partial charge in [0, 0.05) is 19.1 Å². The lowest BCUT2D eigenvalue weighted by Gasteiger charge is -2.33. The van der Waals surface area contributed by atoms with E-state index in [0.717, 1.165) is 0 Å². The molecule has 2 atom stereocenters. The maximum atomic E-state index is 11.3. The normalized spacial score (nSPS) is 28.5. The van der Waals surface area contributed by atoms with Crippen LogP contribution in [0.25, 0.3) is 0 Å². The Labute approximate surface area is 93.9 Å². The van der Waals surface area contributed by atoms with Gasteiger partial charge in [0.2, 0.25) is 0 Å². The summed E-state index contributed by atoms with van der Waals surface area (Å²) in [5.74, 6) is -0.908. The number of sulfone groups is 1. The second kappa shape index (κ2) is 4.67. The molecule has 7 heteroatoms. The fraction of sp³-hybridized carbons (Fsp3) is 0.875. The highest BCUT2D eigenvalue weighted by Gasteiger charge is 2.30. The minimum Gasteiger partial charge on any atom is -0.480 e. The molecule has 0 bridgehead atoms. The van der Waals surface area contributed by atoms with Gasteiger partial charge in [-0.3, -0.25) is 9.69 Å². The number of nitrogens with zero attached hydrogens (tertiary/aromatic N) is 1. The molecule has 5 nitrogen and oxygen atoms in total. The van der Waals surface area contributed by atoms with E-state index in [-0.39, 0.29) is 24.1 Å². The van der Waals surface area contributed by atoms with Crippen LogP contribution in [0.1, 0.15) is 6.92 Å². The Hall–Kier alpha value is -0.330. The quantitative estimate of drug-likeness (QED) is 0.707. The highest BCUT2D eigenvalue weighted by atomic mass is 35.5. The Morgan fingerprint density at radius 3 is 2.73 bits per heavy atom. The second-order valence-corrected chi connectivity index (χ2v) is 6.52. The van der Waals surface area contributed by atoms with E-state index < -0.39 is 21.2 Å². The number of hydrogen-bond donors (Lipinski definition) is 1. The SMILES string of the molecule is CC1CS(=O)(=O)CCN1CC(Cl)C(=O)O. The molecule has 1 fully saturated rings. The Morgan fingerprint density at radius 2 is 2.27 bits per heavy atom. The van der Waals surface area contributed by atoms with Gasteiger partial charge in [0.05, 0.1) is 11.5 Å². The van der Waals surface area contributed by atoms with E-state index in [1.165, 1.54) is 0 Å². The summed E-state index contributed by atoms with van der Waals surface area (Å²) in [6.07, 6.45) is 0. The van der Waals surface area contributed by atoms with E-state index in [2.05, 4.69) is 0 Å². The molecule has 2 unspecified atom stereocenters. The van der Waals surface area contributed by atoms with Crippen LogP contribution in [0.15, 0.2) is 0 Å². The molecule has 1 heterocycles. The number of alkyl halides is 1. The molecule has 0 saturated carbocycles. The molecule has 0 aromatic rings. The van der Waals surface area contributed by atoms with E-state index >= 15 is 0 Å². The maximum Gasteiger partial charge on any atom is 0.322 e. The number of rotatable bonds is 3. The van der Waals surface area contributed by atoms with Crippen LogP contribution in [0.5, 0.6) is 0 Å². The lowest BCUT2D eigenvalue weighted by molar-refractivity contribution is -0.137. The average Bonchev–Trinajstić information content (AvgIpc) is 2.08. The molecule has 15 heavy (non-hydrogen) atoms. The minimum absolute atomic E-state index is 0.0796. The van der Waals surface area contributed by atoms with Crippen molar-refractivity contribution in [3.05, 3.63) is 0 Å². The van der Waals surface area contributed by atoms with Gasteiger partial charge < -0.3 is 5.11 Å². The van der Waals surface area contributed by atoms with Crippen molar-refractivity contribution in [1.82, 2.24) is 4.90 Å². The monoisotopic (exact) mass is 255 g/mol. The van der Waals surface area contributed by atoms with Gasteiger partial charge in [-0.1, -0.05) is 0 Å². The molecule has 0 aromatic heterocycles. The number of carbonyl (C=O) groups is 1. The predicted molar refractivity (Wildman–Crippen MR) is 57.0 cm³/mol. The fourth-order valence-corrected chi connectivity index (χ4v) is 3.39. The third-order valence-corrected chi connectivity index (χ3v) is 4.59. The van der Waals surface area contributed by atoms with Gasteiger partial charge in [0.25, 0.3) is 0 Å². The van der Waals surface area contributed by atoms with Crippen molar-refractivity contribution in [2.45, 2.75) is 18.3 Å². The zero-order valence-corrected chi connectivity index (χ0v) is 9.96. The van der Waals surface area contributed by atoms with E-state index in [1.807, 2.05) is 0 Å². The van der Waals surface area contributed by atoms with Crippen molar-refractivity contribution in [2.24, 2.45) is 0 Å². The summed E-state index contributed by atoms with van der Waals surface area (Å²) < 4.78 is 22.5. The molecular weight excluding hydrogens is 242 g/mol. The first-order chi connectivity index (χ1) is 6.82. The predicted octanol–water partition coefficient (Wildman–Crippen LogP) is -0.203. The molecule has 0 aliphatic carbocycles. The van der Waals surface area contributed by atoms with Crippen LogP contribution in [0.4, 0.5) is 0 Å². The van der Waals surface area contributed by atoms with Crippen LogP contribution in [0.2, 0.25) is 0 Å². The maximum absolute atomic E-state index is 11.3. The largest absolute Gasteiger partial charge is 0.480 e. The zero-order chi connectivity index (χ0) is 11.6. The number of hydrogen-bond acceptors (Lipinski definition) is 4. The summed E-state index contributed by atoms with van der Waals surface area (Å²) in [6.45, 7) is 2.32. The number of carboxylic acids is 1. The third-order valence-electron chi connectivity index (χ3n) is 2.47. The van der Waals surface area contributed by atoms with E-state index in [0.29, 0.717) is 6.54 Å². The molecule has 0 amide bonds. The number of aliphatic carboxylic acids is 1. The number of halogens is 1. The molecule has 1 aliphatic heterocycles. The van der Waals surface area contributed by atoms with E-state index in [4.69, 9.17) is 16.7 Å². The van der Waals surface area contributed by atoms with Crippen molar-refractivity contribution >= 4 is 27.4 Å². The molecule has 0 aromatic carbocycles. The van der Waals surface area contributed by atoms with Gasteiger partial charge in [-0.05, 0) is 6.92 Å². The van der Waals surface area contributed by atoms with Crippen LogP contribution >= 0.6 is 11.6 Å². The lowest BCUT2D eigenvalue weighted by atomic mass is 10.3. The van der Waals surface area contributed by atoms with Crippen LogP contribution in [-0.2, 0) is 14.6 Å². The highest BCUT2D eigenvalue weighted by Crippen LogP contribution is 2.13. The molecule has 1 rings (SSSR count). The first kappa shape index (κ1) is 12.7. The standard InChI is InChI=1S/C8H14ClNO4S/c1-6-5-15(13,14)3-2-10(6)4-7(9)8(11)12/h6-7H,2-5H2,1H3,(H,11,12). The van der Waals surface area contributed by atoms with Gasteiger partial charge in [-0.2, -0.15) is 0 Å². The van der Waals surface area contributed by atoms with Crippen molar-refractivity contribution in [1.29, 1.82) is 0 Å². The van der Waals surface area contributed by atoms with Gasteiger partial charge >= 0.3 is 5.97 Å². The fourth-order valence-electron chi connectivity index (χ4n) is 1.59. The molecule has 1 N–H and O–H groups in total. The molecule has 88 valence electrons. The highest BCUT2D eigenvalue weighted by molar-refractivity contribution is 7.91. The Kier molecular flexibility index (Phi) is 3.97. The first-order valence-electron chi connectivity index (χ1n) is 4.63. The van der Waals surface area contributed by atoms with Crippen molar-refractivity contribution in [3.63, 3.8) is 0 Å². The average molecular weight is 256 g/mol. The summed E-state index contributed by atoms with van der Waals surface area (Å²) in [4.78, 5) is 12.3. The molecular formula is C8H14ClNO4S. The van der Waals surface area contributed by atoms with Gasteiger partial charge in [0.1, 0.15) is 5.38 Å². The first-order valence-corrected chi connectivity index (χ1v) is 6.89. The number of carboxylic acid groups (broad SMARTS) is 1. The smallest absolute Gasteiger partial charge is 0.322 e. The van der Waals surface area contributed by atoms with E-state index in [1.54, 1.807) is 11.8 Å². The summed E-state index contributed by atoms with van der Waals surface area (Å²) in [5.41, 5.74) is 0. The zero-order valence-electron chi connectivity index (χ0n) is 8.39. The lowest BCUT2D eigenvalue weighted by Crippen LogP contribution is -2.49. The molecule has 1 aliphatic rings. The van der Waals surface area contributed by atoms with Crippen molar-refractivity contribution < 1.29 is 18.3 Å². The molecule has 1 saturated heterocycles. The summed E-state index contributed by atoms with van der Waals surface area (Å²) in [7, 11) is -2.95. The Morgan fingerprint density at radius 1 is 1.67 bits per heavy atom. The summed E-state index contributed by atoms with van der Waals surface area (Å²) in [6, 6.07) is -0.163. The topological polar surface area (TPSA) is 74.7 Å². The van der Waals surface area contributed by atoms with Crippen LogP contribution in [0.3, 0.4) is 0 Å². The van der Waals surface area contributed by atoms with Crippen LogP contribution in [-0.4, -0.2) is 60.4 Å². The van der Waals surface area contributed by atoms with E-state index in [9.17, 15) is 13.2 Å². The van der Waals surface area contributed by atoms with Crippen LogP contribution < -0.4 is 0 Å². The minimum atomic E-state index is -2.95. The van der Waals surface area contributed by atoms with Crippen molar-refractivity contribution in [2.75, 3.05) is 24.6 Å². The van der Waals surface area contributed by atoms with Crippen molar-refractivity contribution in [3.8, 4) is 0 Å². The van der Waals surface area contributed by atoms with Gasteiger partial charge in [-0.15, -0.1) is 11.6 Å². The Balaban J connectivity index is 2.56. The van der Waals surface area contributed by atoms with Gasteiger partial charge in [-0.25, -0.2) is 8.42 Å². The molecule has 0 radical (unpaired) electrons. The summed E-state index contributed by atoms with van der Waals surface area (Å²) in [5, 5.41) is 7.65. The van der Waals surface area contributed by atoms with Gasteiger partial charge in [0.15, 0.2) is 9.84 Å². The Bertz CT molecular complexity index is 343. The molecule has 0 spiro atoms. The summed E-state index contributed by atoms with van der Waals surface area (Å²) >= 11 is 5.59. The second-order valence-electron chi connectivity index (χ2n) is 3.76. The van der Waals surface area contributed by atoms with Crippen LogP contribution in [0, 0.1) is 0 Å². The third kappa shape index (κ3) is 3.62.